The molecule has 0 N–H and O–H groups in total. The number of hydrogen-bond acceptors (Lipinski definition) is 0. The van der Waals surface area contributed by atoms with E-state index in [-0.39, 0.29) is 10.8 Å². The minimum atomic E-state index is 0.0483. The maximum atomic E-state index is 2.99. The van der Waals surface area contributed by atoms with Gasteiger partial charge in [0.25, 0.3) is 0 Å². The average molecular weight is 808 g/mol. The summed E-state index contributed by atoms with van der Waals surface area (Å²) in [5.41, 5.74) is 13.6. The summed E-state index contributed by atoms with van der Waals surface area (Å²) in [5, 5.41) is 5.37. The van der Waals surface area contributed by atoms with Crippen LogP contribution in [0, 0.1) is 19.9 Å². The zero-order chi connectivity index (χ0) is 39.9. The Bertz CT molecular complexity index is 2270. The first-order chi connectivity index (χ1) is 26.8. The molecular weight excluding hydrogens is 752 g/mol. The molecule has 0 aromatic heterocycles. The molecule has 1 aliphatic rings. The van der Waals surface area contributed by atoms with Gasteiger partial charge in [-0.25, -0.2) is 12.2 Å². The third-order valence-corrected chi connectivity index (χ3v) is 11.3. The monoisotopic (exact) mass is 806 g/mol. The first-order valence-electron chi connectivity index (χ1n) is 20.0. The van der Waals surface area contributed by atoms with Gasteiger partial charge in [-0.2, -0.15) is 6.08 Å². The normalized spacial score (nSPS) is 12.3. The van der Waals surface area contributed by atoms with Crippen molar-refractivity contribution in [3.8, 4) is 22.3 Å². The molecule has 0 heterocycles. The van der Waals surface area contributed by atoms with E-state index in [1.165, 1.54) is 77.2 Å². The second-order valence-corrected chi connectivity index (χ2v) is 19.0. The SMILES string of the molecule is Cc1ccc(-c2cc3[cH-]c4cc(-c5ccc(C)cc5)c(C(C)(C)C)cc4c3cc2C(C)(C)C)cc1.[C-]1=CC=CC1.[Zr+2]=[C](Cc1ccccc1)Cc1ccccc1. The summed E-state index contributed by atoms with van der Waals surface area (Å²) in [6.45, 7) is 18.3. The van der Waals surface area contributed by atoms with Crippen molar-refractivity contribution in [2.75, 3.05) is 0 Å². The van der Waals surface area contributed by atoms with Gasteiger partial charge in [0.1, 0.15) is 0 Å². The zero-order valence-corrected chi connectivity index (χ0v) is 37.1. The van der Waals surface area contributed by atoms with Gasteiger partial charge < -0.3 is 0 Å². The Morgan fingerprint density at radius 2 is 0.982 bits per heavy atom. The van der Waals surface area contributed by atoms with Crippen LogP contribution in [-0.4, -0.2) is 3.21 Å². The standard InChI is InChI=1S/C35H37.C15H14.C5H5.Zr/c1-22-9-13-24(14-10-22)30-18-26-17-27-19-31(25-15-11-23(2)12-16-25)33(35(6,7)8)21-29(27)28(26)20-32(30)34(3,4)5;1-3-8-14(9-4-1)12-7-13-15-10-5-2-6-11-15;1-2-4-5-3-1;/h9-21H,1-8H3;1-6,8-11H,12-13H2;1-3H,4H2;/q-1;;-1;+2. The molecule has 0 radical (unpaired) electrons. The number of benzene rings is 6. The van der Waals surface area contributed by atoms with Crippen molar-refractivity contribution in [1.29, 1.82) is 0 Å². The first kappa shape index (κ1) is 41.1. The molecule has 0 saturated carbocycles. The van der Waals surface area contributed by atoms with Gasteiger partial charge in [0.15, 0.2) is 0 Å². The Morgan fingerprint density at radius 3 is 1.30 bits per heavy atom. The van der Waals surface area contributed by atoms with Crippen molar-refractivity contribution in [2.24, 2.45) is 0 Å². The van der Waals surface area contributed by atoms with E-state index in [9.17, 15) is 0 Å². The predicted octanol–water partition coefficient (Wildman–Crippen LogP) is 14.8. The van der Waals surface area contributed by atoms with Crippen LogP contribution in [-0.2, 0) is 47.9 Å². The van der Waals surface area contributed by atoms with Gasteiger partial charge in [-0.05, 0) is 58.1 Å². The van der Waals surface area contributed by atoms with Gasteiger partial charge in [-0.1, -0.05) is 113 Å². The number of aryl methyl sites for hydroxylation is 2. The molecule has 0 atom stereocenters. The Balaban J connectivity index is 0.000000207. The first-order valence-corrected chi connectivity index (χ1v) is 21.2. The van der Waals surface area contributed by atoms with E-state index in [2.05, 4.69) is 207 Å². The van der Waals surface area contributed by atoms with E-state index in [0.717, 1.165) is 19.3 Å². The van der Waals surface area contributed by atoms with Crippen LogP contribution in [0.25, 0.3) is 43.8 Å². The van der Waals surface area contributed by atoms with Crippen LogP contribution in [0.5, 0.6) is 0 Å². The summed E-state index contributed by atoms with van der Waals surface area (Å²) in [7, 11) is 0. The summed E-state index contributed by atoms with van der Waals surface area (Å²) < 4.78 is 1.60. The van der Waals surface area contributed by atoms with E-state index < -0.39 is 0 Å². The molecule has 7 aromatic rings. The van der Waals surface area contributed by atoms with Crippen molar-refractivity contribution in [3.05, 3.63) is 197 Å². The predicted molar refractivity (Wildman–Crippen MR) is 242 cm³/mol. The summed E-state index contributed by atoms with van der Waals surface area (Å²) >= 11 is 1.55. The molecule has 7 aromatic carbocycles. The fourth-order valence-corrected chi connectivity index (χ4v) is 8.38. The van der Waals surface area contributed by atoms with Crippen LogP contribution >= 0.6 is 0 Å². The van der Waals surface area contributed by atoms with E-state index in [1.54, 1.807) is 27.4 Å². The van der Waals surface area contributed by atoms with E-state index in [4.69, 9.17) is 0 Å². The molecule has 1 heteroatoms. The molecule has 56 heavy (non-hydrogen) atoms. The molecule has 8 rings (SSSR count). The fraction of sp³-hybridized carbons (Fsp3) is 0.236. The Kier molecular flexibility index (Phi) is 13.3. The van der Waals surface area contributed by atoms with Crippen LogP contribution in [0.1, 0.15) is 81.3 Å². The molecule has 0 spiro atoms. The number of fused-ring (bicyclic) bond motifs is 3. The Labute approximate surface area is 351 Å². The van der Waals surface area contributed by atoms with Crippen LogP contribution in [0.3, 0.4) is 0 Å². The average Bonchev–Trinajstić information content (AvgIpc) is 3.87. The van der Waals surface area contributed by atoms with Crippen molar-refractivity contribution in [2.45, 2.75) is 85.5 Å². The molecule has 0 bridgehead atoms. The Hall–Kier alpha value is -4.58. The van der Waals surface area contributed by atoms with Gasteiger partial charge in [-0.15, -0.1) is 46.2 Å². The summed E-state index contributed by atoms with van der Waals surface area (Å²) in [5.74, 6) is 0. The van der Waals surface area contributed by atoms with Gasteiger partial charge in [0, 0.05) is 0 Å². The van der Waals surface area contributed by atoms with Crippen molar-refractivity contribution < 1.29 is 24.2 Å². The molecule has 280 valence electrons. The molecule has 0 unspecified atom stereocenters. The fourth-order valence-electron chi connectivity index (χ4n) is 7.38. The van der Waals surface area contributed by atoms with Crippen LogP contribution in [0.4, 0.5) is 0 Å². The van der Waals surface area contributed by atoms with Crippen molar-refractivity contribution >= 4 is 24.8 Å². The van der Waals surface area contributed by atoms with E-state index >= 15 is 0 Å². The van der Waals surface area contributed by atoms with Gasteiger partial charge in [-0.3, -0.25) is 6.08 Å². The van der Waals surface area contributed by atoms with Gasteiger partial charge >= 0.3 is 112 Å². The van der Waals surface area contributed by atoms with Gasteiger partial charge in [0.2, 0.25) is 0 Å². The van der Waals surface area contributed by atoms with E-state index in [1.807, 2.05) is 12.2 Å². The number of hydrogen-bond donors (Lipinski definition) is 0. The molecule has 0 aliphatic heterocycles. The molecule has 0 nitrogen and oxygen atoms in total. The molecule has 1 aliphatic carbocycles. The third kappa shape index (κ3) is 10.6. The third-order valence-electron chi connectivity index (χ3n) is 10.4. The molecule has 0 saturated heterocycles. The van der Waals surface area contributed by atoms with Crippen LogP contribution in [0.15, 0.2) is 158 Å². The van der Waals surface area contributed by atoms with Crippen molar-refractivity contribution in [3.63, 3.8) is 0 Å². The van der Waals surface area contributed by atoms with Crippen LogP contribution in [0.2, 0.25) is 0 Å². The zero-order valence-electron chi connectivity index (χ0n) is 34.6. The summed E-state index contributed by atoms with van der Waals surface area (Å²) in [6, 6.07) is 51.5. The molecule has 0 fully saturated rings. The second-order valence-electron chi connectivity index (χ2n) is 17.3. The van der Waals surface area contributed by atoms with Gasteiger partial charge in [0.05, 0.1) is 0 Å². The quantitative estimate of drug-likeness (QED) is 0.147. The molecular formula is C55H56Zr. The maximum absolute atomic E-state index is 2.99. The topological polar surface area (TPSA) is 0 Å². The summed E-state index contributed by atoms with van der Waals surface area (Å²) in [4.78, 5) is 0. The minimum absolute atomic E-state index is 0.0483. The number of allylic oxidation sites excluding steroid dienone is 4. The Morgan fingerprint density at radius 1 is 0.571 bits per heavy atom. The van der Waals surface area contributed by atoms with Crippen molar-refractivity contribution in [1.82, 2.24) is 0 Å². The second kappa shape index (κ2) is 18.1. The molecule has 0 amide bonds. The number of rotatable bonds is 6. The summed E-state index contributed by atoms with van der Waals surface area (Å²) in [6.07, 6.45) is 12.2. The van der Waals surface area contributed by atoms with Crippen LogP contribution < -0.4 is 0 Å². The van der Waals surface area contributed by atoms with E-state index in [0.29, 0.717) is 0 Å².